The Morgan fingerprint density at radius 3 is 2.42 bits per heavy atom. The van der Waals surface area contributed by atoms with Gasteiger partial charge in [0.15, 0.2) is 0 Å². The van der Waals surface area contributed by atoms with E-state index in [2.05, 4.69) is 6.92 Å². The molecular weight excluding hydrogens is 152 g/mol. The average molecular weight is 169 g/mol. The van der Waals surface area contributed by atoms with Crippen molar-refractivity contribution in [2.45, 2.75) is 45.4 Å². The van der Waals surface area contributed by atoms with Crippen LogP contribution in [0.4, 0.5) is 0 Å². The van der Waals surface area contributed by atoms with Gasteiger partial charge in [-0.25, -0.2) is 9.90 Å². The van der Waals surface area contributed by atoms with Crippen LogP contribution in [0.15, 0.2) is 12.2 Å². The first-order chi connectivity index (χ1) is 5.77. The van der Waals surface area contributed by atoms with E-state index in [1.807, 2.05) is 0 Å². The molecule has 0 bridgehead atoms. The van der Waals surface area contributed by atoms with E-state index in [1.54, 1.807) is 6.08 Å². The lowest BCUT2D eigenvalue weighted by atomic mass is 10.1. The third-order valence-electron chi connectivity index (χ3n) is 1.73. The molecular formula is C10H17O2. The Labute approximate surface area is 74.3 Å². The standard InChI is InChI=1S/C10H17O2/c1-2-3-4-5-6-7-8-9-10(11)12/h8-9H,2-7H2,1H3. The molecule has 0 saturated heterocycles. The molecule has 0 fully saturated rings. The summed E-state index contributed by atoms with van der Waals surface area (Å²) >= 11 is 0. The summed E-state index contributed by atoms with van der Waals surface area (Å²) in [5, 5.41) is 9.94. The number of hydrogen-bond acceptors (Lipinski definition) is 1. The molecule has 0 aromatic carbocycles. The van der Waals surface area contributed by atoms with Crippen molar-refractivity contribution >= 4 is 5.97 Å². The molecule has 12 heavy (non-hydrogen) atoms. The van der Waals surface area contributed by atoms with Crippen LogP contribution in [0.5, 0.6) is 0 Å². The number of carbonyl (C=O) groups is 1. The molecule has 0 aromatic rings. The SMILES string of the molecule is CCCCCCCC=CC([O])=O. The molecule has 0 aliphatic heterocycles. The maximum absolute atomic E-state index is 9.94. The Hall–Kier alpha value is -0.790. The third-order valence-corrected chi connectivity index (χ3v) is 1.73. The molecule has 0 aromatic heterocycles. The van der Waals surface area contributed by atoms with E-state index in [4.69, 9.17) is 0 Å². The van der Waals surface area contributed by atoms with Gasteiger partial charge in [-0.05, 0) is 12.8 Å². The van der Waals surface area contributed by atoms with Crippen molar-refractivity contribution < 1.29 is 9.90 Å². The molecule has 0 spiro atoms. The number of rotatable bonds is 7. The molecule has 0 aliphatic carbocycles. The van der Waals surface area contributed by atoms with Crippen LogP contribution in [-0.4, -0.2) is 5.97 Å². The van der Waals surface area contributed by atoms with Gasteiger partial charge in [-0.2, -0.15) is 0 Å². The van der Waals surface area contributed by atoms with Gasteiger partial charge in [0.2, 0.25) is 0 Å². The Morgan fingerprint density at radius 2 is 1.83 bits per heavy atom. The minimum atomic E-state index is -1.09. The second kappa shape index (κ2) is 8.31. The minimum Gasteiger partial charge on any atom is -0.242 e. The number of carbonyl (C=O) groups excluding carboxylic acids is 1. The fraction of sp³-hybridized carbons (Fsp3) is 0.700. The quantitative estimate of drug-likeness (QED) is 0.426. The minimum absolute atomic E-state index is 0.859. The zero-order valence-electron chi connectivity index (χ0n) is 7.71. The lowest BCUT2D eigenvalue weighted by Crippen LogP contribution is -1.83. The summed E-state index contributed by atoms with van der Waals surface area (Å²) in [4.78, 5) is 9.94. The Balaban J connectivity index is 3.05. The van der Waals surface area contributed by atoms with Crippen LogP contribution in [0.25, 0.3) is 0 Å². The zero-order valence-corrected chi connectivity index (χ0v) is 7.71. The number of unbranched alkanes of at least 4 members (excludes halogenated alkanes) is 5. The number of hydrogen-bond donors (Lipinski definition) is 0. The van der Waals surface area contributed by atoms with E-state index in [0.29, 0.717) is 0 Å². The fourth-order valence-corrected chi connectivity index (χ4v) is 1.05. The number of allylic oxidation sites excluding steroid dienone is 1. The van der Waals surface area contributed by atoms with Crippen LogP contribution in [0.1, 0.15) is 45.4 Å². The van der Waals surface area contributed by atoms with Crippen molar-refractivity contribution in [3.8, 4) is 0 Å². The molecule has 0 rings (SSSR count). The summed E-state index contributed by atoms with van der Waals surface area (Å²) in [6, 6.07) is 0. The third kappa shape index (κ3) is 9.21. The van der Waals surface area contributed by atoms with Gasteiger partial charge in [-0.1, -0.05) is 38.7 Å². The van der Waals surface area contributed by atoms with Crippen molar-refractivity contribution in [3.05, 3.63) is 12.2 Å². The monoisotopic (exact) mass is 169 g/mol. The van der Waals surface area contributed by atoms with E-state index >= 15 is 0 Å². The van der Waals surface area contributed by atoms with Gasteiger partial charge >= 0.3 is 5.97 Å². The van der Waals surface area contributed by atoms with Crippen LogP contribution in [0.2, 0.25) is 0 Å². The van der Waals surface area contributed by atoms with Gasteiger partial charge in [0, 0.05) is 6.08 Å². The second-order valence-corrected chi connectivity index (χ2v) is 2.92. The van der Waals surface area contributed by atoms with Gasteiger partial charge in [-0.3, -0.25) is 0 Å². The molecule has 69 valence electrons. The first-order valence-electron chi connectivity index (χ1n) is 4.65. The highest BCUT2D eigenvalue weighted by Gasteiger charge is 1.89. The largest absolute Gasteiger partial charge is 0.378 e. The smallest absolute Gasteiger partial charge is 0.242 e. The van der Waals surface area contributed by atoms with Crippen molar-refractivity contribution in [2.24, 2.45) is 0 Å². The highest BCUT2D eigenvalue weighted by atomic mass is 16.4. The van der Waals surface area contributed by atoms with Crippen LogP contribution >= 0.6 is 0 Å². The Morgan fingerprint density at radius 1 is 1.17 bits per heavy atom. The highest BCUT2D eigenvalue weighted by molar-refractivity contribution is 5.79. The summed E-state index contributed by atoms with van der Waals surface area (Å²) in [7, 11) is 0. The normalized spacial score (nSPS) is 10.8. The summed E-state index contributed by atoms with van der Waals surface area (Å²) in [5.41, 5.74) is 0. The molecule has 0 atom stereocenters. The molecule has 1 radical (unpaired) electrons. The Bertz CT molecular complexity index is 139. The molecule has 2 nitrogen and oxygen atoms in total. The van der Waals surface area contributed by atoms with Crippen molar-refractivity contribution in [1.82, 2.24) is 0 Å². The van der Waals surface area contributed by atoms with E-state index < -0.39 is 5.97 Å². The first kappa shape index (κ1) is 11.2. The molecule has 0 saturated carbocycles. The van der Waals surface area contributed by atoms with Gasteiger partial charge in [0.1, 0.15) is 0 Å². The van der Waals surface area contributed by atoms with E-state index in [9.17, 15) is 9.90 Å². The average Bonchev–Trinajstić information content (AvgIpc) is 2.02. The topological polar surface area (TPSA) is 37.0 Å². The Kier molecular flexibility index (Phi) is 7.76. The van der Waals surface area contributed by atoms with E-state index in [0.717, 1.165) is 18.9 Å². The summed E-state index contributed by atoms with van der Waals surface area (Å²) < 4.78 is 0. The van der Waals surface area contributed by atoms with E-state index in [-0.39, 0.29) is 0 Å². The van der Waals surface area contributed by atoms with E-state index in [1.165, 1.54) is 25.7 Å². The highest BCUT2D eigenvalue weighted by Crippen LogP contribution is 2.04. The van der Waals surface area contributed by atoms with Gasteiger partial charge in [0.05, 0.1) is 0 Å². The lowest BCUT2D eigenvalue weighted by molar-refractivity contribution is -0.137. The van der Waals surface area contributed by atoms with Crippen LogP contribution in [0, 0.1) is 0 Å². The van der Waals surface area contributed by atoms with Gasteiger partial charge in [0.25, 0.3) is 0 Å². The molecule has 0 aliphatic rings. The summed E-state index contributed by atoms with van der Waals surface area (Å²) in [5.74, 6) is -1.09. The second-order valence-electron chi connectivity index (χ2n) is 2.92. The summed E-state index contributed by atoms with van der Waals surface area (Å²) in [6.07, 6.45) is 9.71. The predicted octanol–water partition coefficient (Wildman–Crippen LogP) is 2.86. The molecule has 0 amide bonds. The van der Waals surface area contributed by atoms with Crippen molar-refractivity contribution in [2.75, 3.05) is 0 Å². The van der Waals surface area contributed by atoms with Gasteiger partial charge < -0.3 is 0 Å². The van der Waals surface area contributed by atoms with Crippen LogP contribution in [-0.2, 0) is 9.90 Å². The maximum atomic E-state index is 9.94. The van der Waals surface area contributed by atoms with Crippen molar-refractivity contribution in [3.63, 3.8) is 0 Å². The lowest BCUT2D eigenvalue weighted by Gasteiger charge is -1.95. The molecule has 0 N–H and O–H groups in total. The van der Waals surface area contributed by atoms with Crippen LogP contribution in [0.3, 0.4) is 0 Å². The maximum Gasteiger partial charge on any atom is 0.378 e. The zero-order chi connectivity index (χ0) is 9.23. The van der Waals surface area contributed by atoms with Gasteiger partial charge in [-0.15, -0.1) is 0 Å². The summed E-state index contributed by atoms with van der Waals surface area (Å²) in [6.45, 7) is 2.18. The van der Waals surface area contributed by atoms with Crippen molar-refractivity contribution in [1.29, 1.82) is 0 Å². The fourth-order valence-electron chi connectivity index (χ4n) is 1.05. The molecule has 2 heteroatoms. The molecule has 0 heterocycles. The van der Waals surface area contributed by atoms with Crippen LogP contribution < -0.4 is 0 Å². The first-order valence-corrected chi connectivity index (χ1v) is 4.65. The predicted molar refractivity (Wildman–Crippen MR) is 48.2 cm³/mol. The molecule has 0 unspecified atom stereocenters.